The zero-order valence-corrected chi connectivity index (χ0v) is 18.7. The summed E-state index contributed by atoms with van der Waals surface area (Å²) in [4.78, 5) is 36.5. The number of nitrogens with zero attached hydrogens (tertiary/aromatic N) is 1. The second-order valence-electron chi connectivity index (χ2n) is 8.87. The van der Waals surface area contributed by atoms with E-state index in [1.54, 1.807) is 12.1 Å². The Labute approximate surface area is 192 Å². The number of alkyl halides is 3. The third-order valence-corrected chi connectivity index (χ3v) is 5.35. The normalized spacial score (nSPS) is 12.1. The first-order chi connectivity index (χ1) is 15.7. The first kappa shape index (κ1) is 24.8. The van der Waals surface area contributed by atoms with Gasteiger partial charge < -0.3 is 20.1 Å². The molecule has 10 heteroatoms. The summed E-state index contributed by atoms with van der Waals surface area (Å²) in [6.07, 6.45) is -4.70. The van der Waals surface area contributed by atoms with Gasteiger partial charge in [-0.2, -0.15) is 13.2 Å². The highest BCUT2D eigenvalue weighted by Crippen LogP contribution is 2.34. The Bertz CT molecular complexity index is 1320. The van der Waals surface area contributed by atoms with E-state index in [-0.39, 0.29) is 22.9 Å². The fourth-order valence-corrected chi connectivity index (χ4v) is 3.51. The molecular formula is C24H23F3N2O5. The minimum atomic E-state index is -4.70. The minimum Gasteiger partial charge on any atom is -0.506 e. The molecule has 3 N–H and O–H groups in total. The fourth-order valence-electron chi connectivity index (χ4n) is 3.51. The summed E-state index contributed by atoms with van der Waals surface area (Å²) in [5.74, 6) is -3.35. The largest absolute Gasteiger partial charge is 0.506 e. The van der Waals surface area contributed by atoms with Gasteiger partial charge in [0.05, 0.1) is 17.6 Å². The van der Waals surface area contributed by atoms with Crippen LogP contribution >= 0.6 is 0 Å². The number of aliphatic carboxylic acids is 1. The van der Waals surface area contributed by atoms with E-state index in [1.165, 1.54) is 0 Å². The molecule has 1 heterocycles. The number of fused-ring (bicyclic) bond motifs is 1. The highest BCUT2D eigenvalue weighted by atomic mass is 19.4. The number of hydrogen-bond donors (Lipinski definition) is 3. The Morgan fingerprint density at radius 1 is 1.00 bits per heavy atom. The molecular weight excluding hydrogens is 453 g/mol. The van der Waals surface area contributed by atoms with Gasteiger partial charge in [0.1, 0.15) is 17.9 Å². The number of carboxylic acids is 1. The van der Waals surface area contributed by atoms with E-state index < -0.39 is 47.0 Å². The van der Waals surface area contributed by atoms with Crippen molar-refractivity contribution in [2.75, 3.05) is 6.54 Å². The lowest BCUT2D eigenvalue weighted by atomic mass is 9.87. The predicted molar refractivity (Wildman–Crippen MR) is 119 cm³/mol. The first-order valence-electron chi connectivity index (χ1n) is 10.3. The number of aromatic nitrogens is 1. The van der Waals surface area contributed by atoms with Crippen LogP contribution in [0.3, 0.4) is 0 Å². The number of amides is 1. The van der Waals surface area contributed by atoms with Gasteiger partial charge in [-0.05, 0) is 34.7 Å². The van der Waals surface area contributed by atoms with Crippen LogP contribution in [0, 0.1) is 0 Å². The van der Waals surface area contributed by atoms with E-state index in [9.17, 15) is 32.7 Å². The average molecular weight is 476 g/mol. The van der Waals surface area contributed by atoms with Gasteiger partial charge >= 0.3 is 12.1 Å². The van der Waals surface area contributed by atoms with Gasteiger partial charge in [-0.3, -0.25) is 14.4 Å². The average Bonchev–Trinajstić information content (AvgIpc) is 2.74. The quantitative estimate of drug-likeness (QED) is 0.518. The Morgan fingerprint density at radius 2 is 1.59 bits per heavy atom. The number of carbonyl (C=O) groups excluding carboxylic acids is 1. The second kappa shape index (κ2) is 8.85. The first-order valence-corrected chi connectivity index (χ1v) is 10.3. The van der Waals surface area contributed by atoms with E-state index in [1.807, 2.05) is 38.2 Å². The van der Waals surface area contributed by atoms with Crippen LogP contribution in [-0.4, -0.2) is 33.2 Å². The summed E-state index contributed by atoms with van der Waals surface area (Å²) in [6, 6.07) is 9.56. The zero-order chi connectivity index (χ0) is 25.4. The molecule has 0 bridgehead atoms. The van der Waals surface area contributed by atoms with Crippen molar-refractivity contribution < 1.29 is 33.0 Å². The predicted octanol–water partition coefficient (Wildman–Crippen LogP) is 3.89. The lowest BCUT2D eigenvalue weighted by Gasteiger charge is -2.20. The van der Waals surface area contributed by atoms with Gasteiger partial charge in [-0.15, -0.1) is 0 Å². The Hall–Kier alpha value is -3.82. The number of aromatic hydroxyl groups is 1. The Morgan fingerprint density at radius 3 is 2.12 bits per heavy atom. The van der Waals surface area contributed by atoms with Gasteiger partial charge in [0.15, 0.2) is 0 Å². The van der Waals surface area contributed by atoms with Gasteiger partial charge in [-0.1, -0.05) is 45.0 Å². The third-order valence-electron chi connectivity index (χ3n) is 5.35. The molecule has 0 saturated heterocycles. The maximum Gasteiger partial charge on any atom is 0.416 e. The molecule has 1 amide bonds. The van der Waals surface area contributed by atoms with Crippen LogP contribution < -0.4 is 10.9 Å². The van der Waals surface area contributed by atoms with Crippen molar-refractivity contribution in [3.05, 3.63) is 75.1 Å². The molecule has 2 aromatic carbocycles. The summed E-state index contributed by atoms with van der Waals surface area (Å²) in [5.41, 5.74) is -1.60. The van der Waals surface area contributed by atoms with Crippen molar-refractivity contribution in [2.45, 2.75) is 38.9 Å². The number of hydrogen-bond acceptors (Lipinski definition) is 4. The van der Waals surface area contributed by atoms with Gasteiger partial charge in [0.2, 0.25) is 0 Å². The van der Waals surface area contributed by atoms with Crippen LogP contribution in [0.1, 0.15) is 47.8 Å². The summed E-state index contributed by atoms with van der Waals surface area (Å²) in [6.45, 7) is 5.06. The molecule has 0 aliphatic carbocycles. The molecule has 0 fully saturated rings. The van der Waals surface area contributed by atoms with Crippen LogP contribution in [-0.2, 0) is 22.9 Å². The molecule has 180 valence electrons. The molecule has 0 radical (unpaired) electrons. The smallest absolute Gasteiger partial charge is 0.416 e. The molecule has 34 heavy (non-hydrogen) atoms. The summed E-state index contributed by atoms with van der Waals surface area (Å²) < 4.78 is 41.0. The monoisotopic (exact) mass is 476 g/mol. The van der Waals surface area contributed by atoms with Crippen molar-refractivity contribution in [3.8, 4) is 5.75 Å². The topological polar surface area (TPSA) is 109 Å². The highest BCUT2D eigenvalue weighted by molar-refractivity contribution is 6.03. The van der Waals surface area contributed by atoms with Crippen molar-refractivity contribution in [1.82, 2.24) is 9.88 Å². The minimum absolute atomic E-state index is 0.141. The number of nitrogens with one attached hydrogen (secondary N) is 1. The number of carbonyl (C=O) groups is 2. The van der Waals surface area contributed by atoms with Crippen molar-refractivity contribution >= 4 is 22.8 Å². The van der Waals surface area contributed by atoms with E-state index in [0.29, 0.717) is 5.56 Å². The lowest BCUT2D eigenvalue weighted by Crippen LogP contribution is -2.36. The van der Waals surface area contributed by atoms with Crippen LogP contribution in [0.15, 0.2) is 47.3 Å². The fraction of sp³-hybridized carbons (Fsp3) is 0.292. The zero-order valence-electron chi connectivity index (χ0n) is 18.7. The molecule has 0 atom stereocenters. The summed E-state index contributed by atoms with van der Waals surface area (Å²) >= 11 is 0. The lowest BCUT2D eigenvalue weighted by molar-refractivity contribution is -0.137. The molecule has 0 aliphatic heterocycles. The van der Waals surface area contributed by atoms with E-state index in [4.69, 9.17) is 5.11 Å². The van der Waals surface area contributed by atoms with Gasteiger partial charge in [0.25, 0.3) is 11.5 Å². The number of pyridine rings is 1. The third kappa shape index (κ3) is 5.05. The molecule has 7 nitrogen and oxygen atoms in total. The van der Waals surface area contributed by atoms with Crippen LogP contribution in [0.5, 0.6) is 5.75 Å². The van der Waals surface area contributed by atoms with Crippen LogP contribution in [0.25, 0.3) is 10.9 Å². The van der Waals surface area contributed by atoms with E-state index >= 15 is 0 Å². The maximum atomic E-state index is 13.3. The summed E-state index contributed by atoms with van der Waals surface area (Å²) in [5, 5.41) is 21.2. The molecule has 0 saturated carbocycles. The van der Waals surface area contributed by atoms with Gasteiger partial charge in [0, 0.05) is 5.39 Å². The SMILES string of the molecule is CC(C)(C)c1ccc(Cn2c(=O)c(C(=O)NCC(=O)O)c(O)c3ccc(C(F)(F)F)cc32)cc1. The highest BCUT2D eigenvalue weighted by Gasteiger charge is 2.32. The summed E-state index contributed by atoms with van der Waals surface area (Å²) in [7, 11) is 0. The molecule has 1 aromatic heterocycles. The number of carboxylic acid groups (broad SMARTS) is 1. The number of halogens is 3. The maximum absolute atomic E-state index is 13.3. The van der Waals surface area contributed by atoms with Crippen LogP contribution in [0.4, 0.5) is 13.2 Å². The number of rotatable bonds is 5. The van der Waals surface area contributed by atoms with Crippen molar-refractivity contribution in [1.29, 1.82) is 0 Å². The molecule has 0 spiro atoms. The standard InChI is InChI=1S/C24H23F3N2O5/c1-23(2,3)14-6-4-13(5-7-14)12-29-17-10-15(24(25,26)27)8-9-16(17)20(32)19(22(29)34)21(33)28-11-18(30)31/h4-10,32H,11-12H2,1-3H3,(H,28,33)(H,30,31). The molecule has 0 unspecified atom stereocenters. The number of benzene rings is 2. The Balaban J connectivity index is 2.22. The molecule has 3 rings (SSSR count). The van der Waals surface area contributed by atoms with E-state index in [2.05, 4.69) is 0 Å². The second-order valence-corrected chi connectivity index (χ2v) is 8.87. The van der Waals surface area contributed by atoms with Crippen molar-refractivity contribution in [3.63, 3.8) is 0 Å². The Kier molecular flexibility index (Phi) is 6.46. The molecule has 3 aromatic rings. The van der Waals surface area contributed by atoms with E-state index in [0.717, 1.165) is 28.3 Å². The van der Waals surface area contributed by atoms with Gasteiger partial charge in [-0.25, -0.2) is 0 Å². The molecule has 0 aliphatic rings. The van der Waals surface area contributed by atoms with Crippen LogP contribution in [0.2, 0.25) is 0 Å². The van der Waals surface area contributed by atoms with Crippen molar-refractivity contribution in [2.24, 2.45) is 0 Å².